The minimum atomic E-state index is -4.65. The van der Waals surface area contributed by atoms with E-state index < -0.39 is 17.8 Å². The van der Waals surface area contributed by atoms with Crippen LogP contribution in [0.5, 0.6) is 5.75 Å². The van der Waals surface area contributed by atoms with E-state index >= 15 is 0 Å². The van der Waals surface area contributed by atoms with Gasteiger partial charge in [0.2, 0.25) is 5.95 Å². The molecule has 12 heteroatoms. The third kappa shape index (κ3) is 6.51. The maximum Gasteiger partial charge on any atom is 0.421 e. The quantitative estimate of drug-likeness (QED) is 0.388. The van der Waals surface area contributed by atoms with Gasteiger partial charge in [0.15, 0.2) is 5.82 Å². The standard InChI is InChI=1S/C31H38F3N7O2/c1-38-13-10-24(11-14-38)39-15-17-40(18-16-39)27-9-8-23(20-28(27)42-2)36-30-35-21-25(31(32,33)34)29(37-30)41-26(12-19-43-41)22-6-4-3-5-7-22/h3-9,20-21,24,26H,10-19H2,1-2H3,(H,35,36,37). The van der Waals surface area contributed by atoms with E-state index in [1.807, 2.05) is 48.5 Å². The van der Waals surface area contributed by atoms with Gasteiger partial charge in [-0.1, -0.05) is 30.3 Å². The molecule has 1 atom stereocenters. The van der Waals surface area contributed by atoms with Crippen molar-refractivity contribution < 1.29 is 22.7 Å². The number of piperidine rings is 1. The number of nitrogens with one attached hydrogen (secondary N) is 1. The van der Waals surface area contributed by atoms with Crippen molar-refractivity contribution in [1.82, 2.24) is 19.8 Å². The van der Waals surface area contributed by atoms with E-state index in [-0.39, 0.29) is 18.4 Å². The lowest BCUT2D eigenvalue weighted by Crippen LogP contribution is -2.53. The molecule has 3 fully saturated rings. The number of alkyl halides is 3. The summed E-state index contributed by atoms with van der Waals surface area (Å²) < 4.78 is 47.9. The molecular weight excluding hydrogens is 559 g/mol. The fourth-order valence-corrected chi connectivity index (χ4v) is 6.29. The third-order valence-corrected chi connectivity index (χ3v) is 8.67. The molecule has 3 aromatic rings. The van der Waals surface area contributed by atoms with Crippen molar-refractivity contribution in [3.05, 3.63) is 65.9 Å². The number of anilines is 4. The average Bonchev–Trinajstić information content (AvgIpc) is 3.52. The van der Waals surface area contributed by atoms with Gasteiger partial charge in [0, 0.05) is 56.6 Å². The molecule has 0 amide bonds. The van der Waals surface area contributed by atoms with Gasteiger partial charge in [0.25, 0.3) is 0 Å². The summed E-state index contributed by atoms with van der Waals surface area (Å²) in [5.74, 6) is 0.395. The van der Waals surface area contributed by atoms with Crippen molar-refractivity contribution in [1.29, 1.82) is 0 Å². The Kier molecular flexibility index (Phi) is 8.60. The predicted molar refractivity (Wildman–Crippen MR) is 160 cm³/mol. The second-order valence-corrected chi connectivity index (χ2v) is 11.4. The molecule has 1 unspecified atom stereocenters. The Morgan fingerprint density at radius 2 is 1.70 bits per heavy atom. The van der Waals surface area contributed by atoms with Crippen molar-refractivity contribution in [2.45, 2.75) is 37.5 Å². The van der Waals surface area contributed by atoms with Crippen LogP contribution < -0.4 is 20.0 Å². The first-order valence-electron chi connectivity index (χ1n) is 14.8. The molecule has 0 aliphatic carbocycles. The zero-order chi connectivity index (χ0) is 30.0. The number of ether oxygens (including phenoxy) is 1. The topological polar surface area (TPSA) is 69.2 Å². The molecule has 230 valence electrons. The highest BCUT2D eigenvalue weighted by Gasteiger charge is 2.40. The molecule has 43 heavy (non-hydrogen) atoms. The molecule has 9 nitrogen and oxygen atoms in total. The normalized spacial score (nSPS) is 20.9. The number of nitrogens with zero attached hydrogens (tertiary/aromatic N) is 6. The highest BCUT2D eigenvalue weighted by molar-refractivity contribution is 5.68. The summed E-state index contributed by atoms with van der Waals surface area (Å²) in [5, 5.41) is 4.34. The van der Waals surface area contributed by atoms with Crippen LogP contribution in [0.1, 0.15) is 36.4 Å². The van der Waals surface area contributed by atoms with E-state index in [9.17, 15) is 13.2 Å². The second-order valence-electron chi connectivity index (χ2n) is 11.4. The average molecular weight is 598 g/mol. The van der Waals surface area contributed by atoms with E-state index in [0.717, 1.165) is 56.7 Å². The van der Waals surface area contributed by atoms with E-state index in [0.29, 0.717) is 23.9 Å². The number of benzene rings is 2. The number of aromatic nitrogens is 2. The molecule has 2 aromatic carbocycles. The number of hydrogen-bond donors (Lipinski definition) is 1. The van der Waals surface area contributed by atoms with E-state index in [1.165, 1.54) is 17.9 Å². The molecule has 3 aliphatic heterocycles. The zero-order valence-electron chi connectivity index (χ0n) is 24.6. The monoisotopic (exact) mass is 597 g/mol. The number of methoxy groups -OCH3 is 1. The van der Waals surface area contributed by atoms with Crippen LogP contribution >= 0.6 is 0 Å². The van der Waals surface area contributed by atoms with Gasteiger partial charge >= 0.3 is 6.18 Å². The highest BCUT2D eigenvalue weighted by Crippen LogP contribution is 2.42. The first kappa shape index (κ1) is 29.5. The maximum atomic E-state index is 14.0. The molecule has 6 rings (SSSR count). The zero-order valence-corrected chi connectivity index (χ0v) is 24.6. The summed E-state index contributed by atoms with van der Waals surface area (Å²) in [6.45, 7) is 6.39. The predicted octanol–water partition coefficient (Wildman–Crippen LogP) is 5.35. The highest BCUT2D eigenvalue weighted by atomic mass is 19.4. The molecule has 3 aliphatic rings. The lowest BCUT2D eigenvalue weighted by Gasteiger charge is -2.43. The Bertz CT molecular complexity index is 1380. The van der Waals surface area contributed by atoms with Crippen LogP contribution in [-0.2, 0) is 11.0 Å². The molecule has 1 aromatic heterocycles. The largest absolute Gasteiger partial charge is 0.495 e. The van der Waals surface area contributed by atoms with E-state index in [1.54, 1.807) is 7.11 Å². The van der Waals surface area contributed by atoms with Crippen molar-refractivity contribution in [2.24, 2.45) is 0 Å². The summed E-state index contributed by atoms with van der Waals surface area (Å²) >= 11 is 0. The maximum absolute atomic E-state index is 14.0. The van der Waals surface area contributed by atoms with Crippen LogP contribution in [0.15, 0.2) is 54.7 Å². The smallest absolute Gasteiger partial charge is 0.421 e. The minimum absolute atomic E-state index is 0.0341. The Morgan fingerprint density at radius 1 is 0.953 bits per heavy atom. The molecular formula is C31H38F3N7O2. The number of hydrogen-bond acceptors (Lipinski definition) is 9. The Hall–Kier alpha value is -3.61. The molecule has 1 N–H and O–H groups in total. The lowest BCUT2D eigenvalue weighted by molar-refractivity contribution is -0.138. The number of halogens is 3. The molecule has 0 bridgehead atoms. The summed E-state index contributed by atoms with van der Waals surface area (Å²) in [6, 6.07) is 15.3. The third-order valence-electron chi connectivity index (χ3n) is 8.67. The second kappa shape index (κ2) is 12.6. The van der Waals surface area contributed by atoms with Gasteiger partial charge in [-0.25, -0.2) is 10.0 Å². The number of likely N-dealkylation sites (tertiary alicyclic amines) is 1. The van der Waals surface area contributed by atoms with Crippen molar-refractivity contribution in [3.8, 4) is 5.75 Å². The van der Waals surface area contributed by atoms with Crippen molar-refractivity contribution >= 4 is 23.1 Å². The van der Waals surface area contributed by atoms with Crippen molar-refractivity contribution in [3.63, 3.8) is 0 Å². The first-order chi connectivity index (χ1) is 20.8. The van der Waals surface area contributed by atoms with Crippen molar-refractivity contribution in [2.75, 3.05) is 75.3 Å². The minimum Gasteiger partial charge on any atom is -0.495 e. The fraction of sp³-hybridized carbons (Fsp3) is 0.484. The number of piperazine rings is 1. The van der Waals surface area contributed by atoms with Gasteiger partial charge in [0.1, 0.15) is 11.3 Å². The summed E-state index contributed by atoms with van der Waals surface area (Å²) in [4.78, 5) is 21.4. The van der Waals surface area contributed by atoms with Gasteiger partial charge in [-0.05, 0) is 50.7 Å². The first-order valence-corrected chi connectivity index (χ1v) is 14.8. The summed E-state index contributed by atoms with van der Waals surface area (Å²) in [7, 11) is 3.81. The van der Waals surface area contributed by atoms with Crippen LogP contribution in [0, 0.1) is 0 Å². The molecule has 3 saturated heterocycles. The summed E-state index contributed by atoms with van der Waals surface area (Å²) in [6.07, 6.45) is -0.873. The van der Waals surface area contributed by atoms with E-state index in [4.69, 9.17) is 9.57 Å². The van der Waals surface area contributed by atoms with Crippen LogP contribution in [0.3, 0.4) is 0 Å². The van der Waals surface area contributed by atoms with E-state index in [2.05, 4.69) is 37.0 Å². The lowest BCUT2D eigenvalue weighted by atomic mass is 10.0. The van der Waals surface area contributed by atoms with Gasteiger partial charge < -0.3 is 19.9 Å². The number of hydroxylamine groups is 1. The SMILES string of the molecule is COc1cc(Nc2ncc(C(F)(F)F)c(N3OCCC3c3ccccc3)n2)ccc1N1CCN(C2CCN(C)CC2)CC1. The van der Waals surface area contributed by atoms with Gasteiger partial charge in [-0.15, -0.1) is 0 Å². The molecule has 0 radical (unpaired) electrons. The number of rotatable bonds is 7. The molecule has 0 spiro atoms. The Balaban J connectivity index is 1.19. The van der Waals surface area contributed by atoms with Crippen LogP contribution in [0.25, 0.3) is 0 Å². The van der Waals surface area contributed by atoms with Gasteiger partial charge in [-0.2, -0.15) is 18.2 Å². The van der Waals surface area contributed by atoms with Crippen LogP contribution in [0.2, 0.25) is 0 Å². The Labute approximate surface area is 250 Å². The fourth-order valence-electron chi connectivity index (χ4n) is 6.29. The van der Waals surface area contributed by atoms with Crippen LogP contribution in [-0.4, -0.2) is 85.8 Å². The Morgan fingerprint density at radius 3 is 2.40 bits per heavy atom. The van der Waals surface area contributed by atoms with Gasteiger partial charge in [-0.3, -0.25) is 9.74 Å². The van der Waals surface area contributed by atoms with Crippen LogP contribution in [0.4, 0.5) is 36.3 Å². The van der Waals surface area contributed by atoms with Gasteiger partial charge in [0.05, 0.1) is 25.4 Å². The molecule has 4 heterocycles. The molecule has 0 saturated carbocycles. The summed E-state index contributed by atoms with van der Waals surface area (Å²) in [5.41, 5.74) is 1.50.